The molecule has 0 unspecified atom stereocenters. The molecule has 0 saturated carbocycles. The van der Waals surface area contributed by atoms with Crippen molar-refractivity contribution >= 4 is 11.6 Å². The van der Waals surface area contributed by atoms with E-state index in [-0.39, 0.29) is 5.82 Å². The second kappa shape index (κ2) is 5.98. The van der Waals surface area contributed by atoms with Crippen molar-refractivity contribution in [3.05, 3.63) is 58.9 Å². The maximum absolute atomic E-state index is 13.8. The molecule has 0 heterocycles. The van der Waals surface area contributed by atoms with Gasteiger partial charge in [-0.25, -0.2) is 4.39 Å². The molecule has 0 bridgehead atoms. The molecule has 2 aromatic rings. The minimum atomic E-state index is -0.225. The highest BCUT2D eigenvalue weighted by Gasteiger charge is 2.09. The Kier molecular flexibility index (Phi) is 4.34. The third-order valence-electron chi connectivity index (χ3n) is 2.80. The van der Waals surface area contributed by atoms with Gasteiger partial charge in [0, 0.05) is 17.1 Å². The Morgan fingerprint density at radius 2 is 1.89 bits per heavy atom. The van der Waals surface area contributed by atoms with Crippen LogP contribution in [-0.2, 0) is 6.54 Å². The van der Waals surface area contributed by atoms with E-state index in [1.54, 1.807) is 12.1 Å². The van der Waals surface area contributed by atoms with Crippen LogP contribution in [0.4, 0.5) is 4.39 Å². The van der Waals surface area contributed by atoms with Gasteiger partial charge in [0.05, 0.1) is 0 Å². The van der Waals surface area contributed by atoms with Crippen LogP contribution in [0.1, 0.15) is 12.5 Å². The van der Waals surface area contributed by atoms with Crippen LogP contribution >= 0.6 is 11.6 Å². The monoisotopic (exact) mass is 263 g/mol. The zero-order chi connectivity index (χ0) is 13.0. The predicted octanol–water partition coefficient (Wildman–Crippen LogP) is 4.26. The highest BCUT2D eigenvalue weighted by Crippen LogP contribution is 2.29. The van der Waals surface area contributed by atoms with Crippen LogP contribution in [0.2, 0.25) is 5.02 Å². The van der Waals surface area contributed by atoms with E-state index in [4.69, 9.17) is 11.6 Å². The van der Waals surface area contributed by atoms with E-state index in [9.17, 15) is 4.39 Å². The second-order valence-electron chi connectivity index (χ2n) is 4.06. The van der Waals surface area contributed by atoms with E-state index in [2.05, 4.69) is 5.32 Å². The van der Waals surface area contributed by atoms with Crippen molar-refractivity contribution in [1.82, 2.24) is 5.32 Å². The first-order chi connectivity index (χ1) is 8.72. The Morgan fingerprint density at radius 1 is 1.11 bits per heavy atom. The number of halogens is 2. The summed E-state index contributed by atoms with van der Waals surface area (Å²) in [5, 5.41) is 3.87. The van der Waals surface area contributed by atoms with Crippen molar-refractivity contribution in [3.8, 4) is 11.1 Å². The van der Waals surface area contributed by atoms with Crippen molar-refractivity contribution < 1.29 is 4.39 Å². The Hall–Kier alpha value is -1.38. The van der Waals surface area contributed by atoms with Crippen LogP contribution in [0, 0.1) is 5.82 Å². The lowest BCUT2D eigenvalue weighted by molar-refractivity contribution is 0.630. The lowest BCUT2D eigenvalue weighted by Gasteiger charge is -2.11. The Balaban J connectivity index is 2.48. The highest BCUT2D eigenvalue weighted by molar-refractivity contribution is 6.30. The lowest BCUT2D eigenvalue weighted by atomic mass is 9.99. The highest BCUT2D eigenvalue weighted by atomic mass is 35.5. The van der Waals surface area contributed by atoms with Gasteiger partial charge in [0.2, 0.25) is 0 Å². The van der Waals surface area contributed by atoms with Crippen LogP contribution in [-0.4, -0.2) is 6.54 Å². The first-order valence-corrected chi connectivity index (χ1v) is 6.34. The number of hydrogen-bond donors (Lipinski definition) is 1. The number of benzene rings is 2. The summed E-state index contributed by atoms with van der Waals surface area (Å²) in [4.78, 5) is 0. The van der Waals surface area contributed by atoms with E-state index in [0.717, 1.165) is 17.7 Å². The zero-order valence-electron chi connectivity index (χ0n) is 10.2. The number of rotatable bonds is 4. The van der Waals surface area contributed by atoms with E-state index < -0.39 is 0 Å². The van der Waals surface area contributed by atoms with Gasteiger partial charge in [-0.3, -0.25) is 0 Å². The molecule has 0 fully saturated rings. The second-order valence-corrected chi connectivity index (χ2v) is 4.50. The molecule has 0 aliphatic carbocycles. The molecule has 3 heteroatoms. The van der Waals surface area contributed by atoms with Gasteiger partial charge in [0.15, 0.2) is 0 Å². The van der Waals surface area contributed by atoms with Crippen LogP contribution in [0.5, 0.6) is 0 Å². The average Bonchev–Trinajstić information content (AvgIpc) is 2.38. The fraction of sp³-hybridized carbons (Fsp3) is 0.200. The largest absolute Gasteiger partial charge is 0.313 e. The molecular formula is C15H15ClFN. The fourth-order valence-corrected chi connectivity index (χ4v) is 2.06. The first-order valence-electron chi connectivity index (χ1n) is 5.96. The molecule has 2 aromatic carbocycles. The lowest BCUT2D eigenvalue weighted by Crippen LogP contribution is -2.12. The summed E-state index contributed by atoms with van der Waals surface area (Å²) in [5.74, 6) is -0.225. The topological polar surface area (TPSA) is 12.0 Å². The molecule has 18 heavy (non-hydrogen) atoms. The van der Waals surface area contributed by atoms with Crippen LogP contribution < -0.4 is 5.32 Å². The number of hydrogen-bond acceptors (Lipinski definition) is 1. The molecule has 0 aliphatic rings. The third-order valence-corrected chi connectivity index (χ3v) is 3.04. The molecule has 0 saturated heterocycles. The molecule has 0 atom stereocenters. The van der Waals surface area contributed by atoms with Crippen molar-refractivity contribution in [2.24, 2.45) is 0 Å². The molecule has 0 amide bonds. The molecular weight excluding hydrogens is 249 g/mol. The summed E-state index contributed by atoms with van der Waals surface area (Å²) in [7, 11) is 0. The molecule has 1 nitrogen and oxygen atoms in total. The minimum Gasteiger partial charge on any atom is -0.313 e. The zero-order valence-corrected chi connectivity index (χ0v) is 11.0. The van der Waals surface area contributed by atoms with Gasteiger partial charge in [-0.05, 0) is 35.9 Å². The quantitative estimate of drug-likeness (QED) is 0.869. The summed E-state index contributed by atoms with van der Waals surface area (Å²) >= 11 is 6.01. The molecule has 0 spiro atoms. The predicted molar refractivity (Wildman–Crippen MR) is 74.2 cm³/mol. The number of nitrogens with one attached hydrogen (secondary N) is 1. The summed E-state index contributed by atoms with van der Waals surface area (Å²) in [6, 6.07) is 12.3. The fourth-order valence-electron chi connectivity index (χ4n) is 1.89. The normalized spacial score (nSPS) is 10.6. The standard InChI is InChI=1S/C15H15ClFN/c1-2-18-10-11-7-8-12(16)9-14(11)13-5-3-4-6-15(13)17/h3-9,18H,2,10H2,1H3. The smallest absolute Gasteiger partial charge is 0.131 e. The van der Waals surface area contributed by atoms with Crippen molar-refractivity contribution in [3.63, 3.8) is 0 Å². The third kappa shape index (κ3) is 2.89. The minimum absolute atomic E-state index is 0.225. The van der Waals surface area contributed by atoms with Crippen LogP contribution in [0.25, 0.3) is 11.1 Å². The van der Waals surface area contributed by atoms with E-state index in [0.29, 0.717) is 17.1 Å². The summed E-state index contributed by atoms with van der Waals surface area (Å²) in [6.45, 7) is 3.62. The molecule has 94 valence electrons. The van der Waals surface area contributed by atoms with Crippen molar-refractivity contribution in [1.29, 1.82) is 0 Å². The van der Waals surface area contributed by atoms with Crippen LogP contribution in [0.15, 0.2) is 42.5 Å². The van der Waals surface area contributed by atoms with Gasteiger partial charge in [-0.15, -0.1) is 0 Å². The Morgan fingerprint density at radius 3 is 2.61 bits per heavy atom. The van der Waals surface area contributed by atoms with Gasteiger partial charge in [0.25, 0.3) is 0 Å². The summed E-state index contributed by atoms with van der Waals surface area (Å²) < 4.78 is 13.8. The maximum atomic E-state index is 13.8. The summed E-state index contributed by atoms with van der Waals surface area (Å²) in [6.07, 6.45) is 0. The molecule has 0 radical (unpaired) electrons. The molecule has 2 rings (SSSR count). The Labute approximate surface area is 112 Å². The molecule has 0 aliphatic heterocycles. The first kappa shape index (κ1) is 13.1. The van der Waals surface area contributed by atoms with Gasteiger partial charge in [-0.1, -0.05) is 42.8 Å². The van der Waals surface area contributed by atoms with Gasteiger partial charge in [-0.2, -0.15) is 0 Å². The molecule has 1 N–H and O–H groups in total. The summed E-state index contributed by atoms with van der Waals surface area (Å²) in [5.41, 5.74) is 2.49. The average molecular weight is 264 g/mol. The molecule has 0 aromatic heterocycles. The van der Waals surface area contributed by atoms with Gasteiger partial charge in [0.1, 0.15) is 5.82 Å². The van der Waals surface area contributed by atoms with Crippen molar-refractivity contribution in [2.75, 3.05) is 6.54 Å². The van der Waals surface area contributed by atoms with Gasteiger partial charge < -0.3 is 5.32 Å². The van der Waals surface area contributed by atoms with E-state index in [1.165, 1.54) is 6.07 Å². The van der Waals surface area contributed by atoms with E-state index >= 15 is 0 Å². The van der Waals surface area contributed by atoms with Gasteiger partial charge >= 0.3 is 0 Å². The van der Waals surface area contributed by atoms with Crippen molar-refractivity contribution in [2.45, 2.75) is 13.5 Å². The van der Waals surface area contributed by atoms with E-state index in [1.807, 2.05) is 31.2 Å². The van der Waals surface area contributed by atoms with Crippen LogP contribution in [0.3, 0.4) is 0 Å². The Bertz CT molecular complexity index is 540. The maximum Gasteiger partial charge on any atom is 0.131 e. The SMILES string of the molecule is CCNCc1ccc(Cl)cc1-c1ccccc1F.